The van der Waals surface area contributed by atoms with Gasteiger partial charge in [0, 0.05) is 16.3 Å². The fraction of sp³-hybridized carbons (Fsp3) is 0.0556. The number of halogens is 1. The van der Waals surface area contributed by atoms with Crippen LogP contribution in [0, 0.1) is 11.3 Å². The molecule has 118 valence electrons. The van der Waals surface area contributed by atoms with Gasteiger partial charge in [-0.2, -0.15) is 5.26 Å². The van der Waals surface area contributed by atoms with Gasteiger partial charge in [-0.15, -0.1) is 0 Å². The van der Waals surface area contributed by atoms with E-state index in [2.05, 4.69) is 21.4 Å². The highest BCUT2D eigenvalue weighted by Gasteiger charge is 2.16. The van der Waals surface area contributed by atoms with Crippen molar-refractivity contribution in [3.05, 3.63) is 65.2 Å². The smallest absolute Gasteiger partial charge is 0.189 e. The van der Waals surface area contributed by atoms with Crippen LogP contribution >= 0.6 is 23.4 Å². The molecule has 0 aliphatic heterocycles. The number of anilines is 2. The van der Waals surface area contributed by atoms with Gasteiger partial charge in [0.05, 0.1) is 5.69 Å². The summed E-state index contributed by atoms with van der Waals surface area (Å²) in [4.78, 5) is 8.97. The van der Waals surface area contributed by atoms with Gasteiger partial charge in [0.25, 0.3) is 0 Å². The summed E-state index contributed by atoms with van der Waals surface area (Å²) in [5.41, 5.74) is 2.72. The first-order valence-electron chi connectivity index (χ1n) is 7.15. The van der Waals surface area contributed by atoms with Crippen LogP contribution in [0.1, 0.15) is 5.56 Å². The maximum absolute atomic E-state index is 9.65. The zero-order valence-corrected chi connectivity index (χ0v) is 14.4. The first-order valence-corrected chi connectivity index (χ1v) is 8.75. The lowest BCUT2D eigenvalue weighted by Crippen LogP contribution is -2.03. The Bertz CT molecular complexity index is 889. The molecule has 0 saturated heterocycles. The lowest BCUT2D eigenvalue weighted by molar-refractivity contribution is 0.975. The van der Waals surface area contributed by atoms with E-state index in [1.54, 1.807) is 12.1 Å². The highest BCUT2D eigenvalue weighted by atomic mass is 35.5. The first kappa shape index (κ1) is 16.3. The van der Waals surface area contributed by atoms with Crippen LogP contribution in [-0.4, -0.2) is 16.2 Å². The predicted molar refractivity (Wildman–Crippen MR) is 98.7 cm³/mol. The maximum Gasteiger partial charge on any atom is 0.189 e. The van der Waals surface area contributed by atoms with Gasteiger partial charge in [-0.05, 0) is 30.5 Å². The van der Waals surface area contributed by atoms with Gasteiger partial charge in [0.1, 0.15) is 11.6 Å². The molecule has 6 heteroatoms. The summed E-state index contributed by atoms with van der Waals surface area (Å²) < 4.78 is 0. The van der Waals surface area contributed by atoms with E-state index in [-0.39, 0.29) is 0 Å². The van der Waals surface area contributed by atoms with Crippen LogP contribution < -0.4 is 5.32 Å². The van der Waals surface area contributed by atoms with Crippen molar-refractivity contribution in [3.8, 4) is 17.3 Å². The fourth-order valence-electron chi connectivity index (χ4n) is 2.20. The quantitative estimate of drug-likeness (QED) is 0.520. The Hall–Kier alpha value is -2.55. The highest BCUT2D eigenvalue weighted by Crippen LogP contribution is 2.30. The number of nitriles is 1. The summed E-state index contributed by atoms with van der Waals surface area (Å²) in [5, 5.41) is 14.1. The first-order chi connectivity index (χ1) is 11.7. The molecule has 24 heavy (non-hydrogen) atoms. The average Bonchev–Trinajstić information content (AvgIpc) is 2.63. The van der Waals surface area contributed by atoms with Crippen LogP contribution in [0.3, 0.4) is 0 Å². The number of aromatic nitrogens is 2. The third-order valence-electron chi connectivity index (χ3n) is 3.34. The largest absolute Gasteiger partial charge is 0.339 e. The molecule has 1 heterocycles. The summed E-state index contributed by atoms with van der Waals surface area (Å²) in [5.74, 6) is 0.484. The van der Waals surface area contributed by atoms with E-state index in [0.29, 0.717) is 27.3 Å². The number of hydrogen-bond acceptors (Lipinski definition) is 5. The van der Waals surface area contributed by atoms with Gasteiger partial charge in [0.15, 0.2) is 11.0 Å². The van der Waals surface area contributed by atoms with Crippen molar-refractivity contribution < 1.29 is 0 Å². The minimum absolute atomic E-state index is 0.411. The summed E-state index contributed by atoms with van der Waals surface area (Å²) in [6.45, 7) is 0. The Kier molecular flexibility index (Phi) is 4.99. The van der Waals surface area contributed by atoms with E-state index in [1.165, 1.54) is 11.8 Å². The van der Waals surface area contributed by atoms with Gasteiger partial charge in [0.2, 0.25) is 0 Å². The third kappa shape index (κ3) is 3.51. The van der Waals surface area contributed by atoms with Gasteiger partial charge in [-0.3, -0.25) is 0 Å². The Morgan fingerprint density at radius 2 is 1.75 bits per heavy atom. The van der Waals surface area contributed by atoms with Crippen molar-refractivity contribution in [2.75, 3.05) is 11.6 Å². The molecule has 0 amide bonds. The van der Waals surface area contributed by atoms with Crippen LogP contribution in [-0.2, 0) is 0 Å². The molecule has 4 nitrogen and oxygen atoms in total. The number of thioether (sulfide) groups is 1. The summed E-state index contributed by atoms with van der Waals surface area (Å²) in [6.07, 6.45) is 1.90. The molecule has 0 aliphatic carbocycles. The van der Waals surface area contributed by atoms with Crippen molar-refractivity contribution in [2.45, 2.75) is 5.16 Å². The van der Waals surface area contributed by atoms with Crippen molar-refractivity contribution in [1.82, 2.24) is 9.97 Å². The van der Waals surface area contributed by atoms with Gasteiger partial charge in [-0.25, -0.2) is 9.97 Å². The van der Waals surface area contributed by atoms with E-state index >= 15 is 0 Å². The molecule has 0 fully saturated rings. The number of nitrogens with one attached hydrogen (secondary N) is 1. The standard InChI is InChI=1S/C18H13ClN4S/c1-24-18-22-16(12-5-3-2-4-6-12)15(11-20)17(23-18)21-14-9-7-13(19)8-10-14/h2-10H,1H3,(H,21,22,23). The molecule has 1 aromatic heterocycles. The molecule has 0 aliphatic rings. The second kappa shape index (κ2) is 7.35. The van der Waals surface area contributed by atoms with Crippen LogP contribution in [0.15, 0.2) is 59.8 Å². The molecule has 0 saturated carbocycles. The van der Waals surface area contributed by atoms with Crippen LogP contribution in [0.4, 0.5) is 11.5 Å². The number of hydrogen-bond donors (Lipinski definition) is 1. The highest BCUT2D eigenvalue weighted by molar-refractivity contribution is 7.98. The second-order valence-electron chi connectivity index (χ2n) is 4.89. The van der Waals surface area contributed by atoms with Crippen molar-refractivity contribution >= 4 is 34.9 Å². The molecule has 0 bridgehead atoms. The van der Waals surface area contributed by atoms with E-state index in [9.17, 15) is 5.26 Å². The monoisotopic (exact) mass is 352 g/mol. The third-order valence-corrected chi connectivity index (χ3v) is 4.14. The van der Waals surface area contributed by atoms with Gasteiger partial charge >= 0.3 is 0 Å². The molecular formula is C18H13ClN4S. The van der Waals surface area contributed by atoms with Gasteiger partial charge in [-0.1, -0.05) is 53.7 Å². The van der Waals surface area contributed by atoms with Gasteiger partial charge < -0.3 is 5.32 Å². The SMILES string of the molecule is CSc1nc(Nc2ccc(Cl)cc2)c(C#N)c(-c2ccccc2)n1. The minimum atomic E-state index is 0.411. The lowest BCUT2D eigenvalue weighted by atomic mass is 10.1. The minimum Gasteiger partial charge on any atom is -0.339 e. The Morgan fingerprint density at radius 3 is 2.38 bits per heavy atom. The van der Waals surface area contributed by atoms with Crippen LogP contribution in [0.5, 0.6) is 0 Å². The maximum atomic E-state index is 9.65. The molecule has 2 aromatic carbocycles. The molecule has 0 atom stereocenters. The molecule has 1 N–H and O–H groups in total. The van der Waals surface area contributed by atoms with Crippen molar-refractivity contribution in [2.24, 2.45) is 0 Å². The molecule has 0 radical (unpaired) electrons. The zero-order chi connectivity index (χ0) is 16.9. The normalized spacial score (nSPS) is 10.2. The van der Waals surface area contributed by atoms with Crippen LogP contribution in [0.2, 0.25) is 5.02 Å². The Labute approximate surface area is 149 Å². The fourth-order valence-corrected chi connectivity index (χ4v) is 2.69. The summed E-state index contributed by atoms with van der Waals surface area (Å²) in [7, 11) is 0. The van der Waals surface area contributed by atoms with E-state index in [4.69, 9.17) is 11.6 Å². The van der Waals surface area contributed by atoms with Crippen molar-refractivity contribution in [1.29, 1.82) is 5.26 Å². The van der Waals surface area contributed by atoms with Crippen molar-refractivity contribution in [3.63, 3.8) is 0 Å². The van der Waals surface area contributed by atoms with Crippen LogP contribution in [0.25, 0.3) is 11.3 Å². The Morgan fingerprint density at radius 1 is 1.04 bits per heavy atom. The average molecular weight is 353 g/mol. The molecule has 0 unspecified atom stereocenters. The predicted octanol–water partition coefficient (Wildman–Crippen LogP) is 5.13. The molecular weight excluding hydrogens is 340 g/mol. The molecule has 3 rings (SSSR count). The number of rotatable bonds is 4. The Balaban J connectivity index is 2.11. The van der Waals surface area contributed by atoms with E-state index < -0.39 is 0 Å². The second-order valence-corrected chi connectivity index (χ2v) is 6.10. The van der Waals surface area contributed by atoms with E-state index in [0.717, 1.165) is 11.3 Å². The van der Waals surface area contributed by atoms with E-state index in [1.807, 2.05) is 48.7 Å². The number of nitrogens with zero attached hydrogens (tertiary/aromatic N) is 3. The lowest BCUT2D eigenvalue weighted by Gasteiger charge is -2.12. The summed E-state index contributed by atoms with van der Waals surface area (Å²) in [6, 6.07) is 19.1. The summed E-state index contributed by atoms with van der Waals surface area (Å²) >= 11 is 7.35. The molecule has 3 aromatic rings. The topological polar surface area (TPSA) is 61.6 Å². The zero-order valence-electron chi connectivity index (χ0n) is 12.8. The number of benzene rings is 2. The molecule has 0 spiro atoms.